The molecule has 0 saturated carbocycles. The number of hydrogen-bond acceptors (Lipinski definition) is 0. The molecular formula is C74H143F27. The summed E-state index contributed by atoms with van der Waals surface area (Å²) in [5.41, 5.74) is -1.99. The van der Waals surface area contributed by atoms with Crippen LogP contribution in [0.2, 0.25) is 0 Å². The van der Waals surface area contributed by atoms with Gasteiger partial charge in [0.1, 0.15) is 0 Å². The highest BCUT2D eigenvalue weighted by Gasteiger charge is 2.57. The molecule has 0 aromatic heterocycles. The van der Waals surface area contributed by atoms with E-state index in [0.29, 0.717) is 42.9 Å². The maximum Gasteiger partial charge on any atom is 0.400 e. The number of alkyl halides is 27. The maximum atomic E-state index is 12.1. The lowest BCUT2D eigenvalue weighted by atomic mass is 9.81. The lowest BCUT2D eigenvalue weighted by Gasteiger charge is -2.31. The summed E-state index contributed by atoms with van der Waals surface area (Å²) in [5, 5.41) is 0. The van der Waals surface area contributed by atoms with E-state index in [1.807, 2.05) is 13.8 Å². The molecule has 628 valence electrons. The average Bonchev–Trinajstić information content (AvgIpc) is 0.851. The van der Waals surface area contributed by atoms with Gasteiger partial charge < -0.3 is 0 Å². The quantitative estimate of drug-likeness (QED) is 0.0749. The molecule has 0 fully saturated rings. The Labute approximate surface area is 596 Å². The fourth-order valence-electron chi connectivity index (χ4n) is 6.26. The van der Waals surface area contributed by atoms with E-state index in [4.69, 9.17) is 0 Å². The first-order chi connectivity index (χ1) is 44.4. The van der Waals surface area contributed by atoms with E-state index in [1.165, 1.54) is 93.4 Å². The summed E-state index contributed by atoms with van der Waals surface area (Å²) < 4.78 is 319. The van der Waals surface area contributed by atoms with Crippen molar-refractivity contribution in [3.05, 3.63) is 0 Å². The second kappa shape index (κ2) is 59.1. The molecule has 0 rings (SSSR count). The van der Waals surface area contributed by atoms with Gasteiger partial charge in [-0.05, 0) is 72.0 Å². The van der Waals surface area contributed by atoms with E-state index in [-0.39, 0.29) is 37.0 Å². The normalized spacial score (nSPS) is 13.7. The van der Waals surface area contributed by atoms with E-state index in [9.17, 15) is 119 Å². The molecule has 0 aromatic rings. The van der Waals surface area contributed by atoms with Crippen LogP contribution in [0.25, 0.3) is 0 Å². The van der Waals surface area contributed by atoms with Crippen LogP contribution in [0, 0.1) is 74.9 Å². The Morgan fingerprint density at radius 1 is 0.287 bits per heavy atom. The molecular weight excluding hydrogens is 1400 g/mol. The van der Waals surface area contributed by atoms with Crippen LogP contribution >= 0.6 is 0 Å². The van der Waals surface area contributed by atoms with E-state index >= 15 is 0 Å². The van der Waals surface area contributed by atoms with Crippen molar-refractivity contribution in [1.82, 2.24) is 0 Å². The Balaban J connectivity index is -0.0000000989. The second-order valence-electron chi connectivity index (χ2n) is 30.7. The van der Waals surface area contributed by atoms with Crippen LogP contribution in [0.15, 0.2) is 0 Å². The largest absolute Gasteiger partial charge is 0.400 e. The summed E-state index contributed by atoms with van der Waals surface area (Å²) in [6, 6.07) is 0. The first-order valence-corrected chi connectivity index (χ1v) is 36.0. The van der Waals surface area contributed by atoms with Crippen LogP contribution in [-0.4, -0.2) is 55.6 Å². The molecule has 0 nitrogen and oxygen atoms in total. The Bertz CT molecular complexity index is 1700. The molecule has 0 radical (unpaired) electrons. The van der Waals surface area contributed by atoms with Crippen molar-refractivity contribution < 1.29 is 119 Å². The lowest BCUT2D eigenvalue weighted by molar-refractivity contribution is -0.288. The molecule has 0 bridgehead atoms. The van der Waals surface area contributed by atoms with E-state index in [2.05, 4.69) is 96.9 Å². The summed E-state index contributed by atoms with van der Waals surface area (Å²) in [7, 11) is 0. The smallest absolute Gasteiger partial charge is 0.171 e. The first kappa shape index (κ1) is 123. The van der Waals surface area contributed by atoms with Gasteiger partial charge in [-0.3, -0.25) is 0 Å². The van der Waals surface area contributed by atoms with E-state index < -0.39 is 116 Å². The third kappa shape index (κ3) is 92.3. The minimum Gasteiger partial charge on any atom is -0.171 e. The second-order valence-corrected chi connectivity index (χ2v) is 30.7. The van der Waals surface area contributed by atoms with Gasteiger partial charge in [0.05, 0.1) is 16.7 Å². The van der Waals surface area contributed by atoms with E-state index in [1.54, 1.807) is 48.5 Å². The summed E-state index contributed by atoms with van der Waals surface area (Å²) >= 11 is 0. The first-order valence-electron chi connectivity index (χ1n) is 36.0. The molecule has 0 N–H and O–H groups in total. The molecule has 1 unspecified atom stereocenters. The van der Waals surface area contributed by atoms with Gasteiger partial charge in [-0.2, -0.15) is 119 Å². The van der Waals surface area contributed by atoms with Gasteiger partial charge in [-0.1, -0.05) is 310 Å². The number of hydrogen-bond donors (Lipinski definition) is 0. The standard InChI is InChI=1S/2C7H10F6.5C7H13F3.C7H16.3C6H14/c1-4(2)3-5(6(8,9)10)7(11,12)13;1-2-3-4-5(6(8,9)10)7(11,12)13;1-5(2)6(3,4)7(8,9)10;1-4-5-6(2,3)7(8,9)10;1-4-5(2)6(3)7(8,9)10;1-3-4-6(2)5-7(8,9)10;1-2-3-4-5-6-7(8,9)10;1-4-5-6-7(2)3;2*1-5-6(2,3)4;1-4-6(3)5-2/h4-5H,3H2,1-2H3;5H,2-4H2,1H3;5H,1-4H3;4-5H2,1-3H3;5-6H,4H2,1-3H3;6H,3-5H2,1-2H3;2-6H2,1H3;7H,4-6H2,1-3H3;2*5H2,1-4H3;6H,4-5H2,1-3H3/t;;;;5-,6?;6-;;;;;/m....00...../s1. The van der Waals surface area contributed by atoms with Crippen molar-refractivity contribution in [3.63, 3.8) is 0 Å². The summed E-state index contributed by atoms with van der Waals surface area (Å²) in [5.74, 6) is -7.17. The summed E-state index contributed by atoms with van der Waals surface area (Å²) in [6.45, 7) is 55.5. The highest BCUT2D eigenvalue weighted by Crippen LogP contribution is 2.45. The highest BCUT2D eigenvalue weighted by molar-refractivity contribution is 4.80. The number of unbranched alkanes of at least 4 members (excludes halogenated alkanes) is 5. The third-order valence-electron chi connectivity index (χ3n) is 16.3. The third-order valence-corrected chi connectivity index (χ3v) is 16.3. The van der Waals surface area contributed by atoms with Crippen LogP contribution in [-0.2, 0) is 0 Å². The predicted molar refractivity (Wildman–Crippen MR) is 367 cm³/mol. The Hall–Kier alpha value is -1.89. The topological polar surface area (TPSA) is 0 Å². The zero-order valence-electron chi connectivity index (χ0n) is 67.5. The Morgan fingerprint density at radius 3 is 0.762 bits per heavy atom. The fraction of sp³-hybridized carbons (Fsp3) is 1.00. The molecule has 27 heteroatoms. The summed E-state index contributed by atoms with van der Waals surface area (Å²) in [6.07, 6.45) is -28.5. The van der Waals surface area contributed by atoms with Crippen molar-refractivity contribution in [2.24, 2.45) is 74.9 Å². The van der Waals surface area contributed by atoms with Crippen molar-refractivity contribution in [3.8, 4) is 0 Å². The Morgan fingerprint density at radius 2 is 0.624 bits per heavy atom. The molecule has 101 heavy (non-hydrogen) atoms. The van der Waals surface area contributed by atoms with Crippen molar-refractivity contribution >= 4 is 0 Å². The zero-order chi connectivity index (χ0) is 84.3. The molecule has 0 aromatic carbocycles. The van der Waals surface area contributed by atoms with Crippen molar-refractivity contribution in [2.45, 2.75) is 405 Å². The molecule has 0 heterocycles. The fourth-order valence-corrected chi connectivity index (χ4v) is 6.26. The molecule has 0 amide bonds. The van der Waals surface area contributed by atoms with Crippen LogP contribution in [0.1, 0.15) is 349 Å². The van der Waals surface area contributed by atoms with Gasteiger partial charge in [0.15, 0.2) is 11.8 Å². The molecule has 3 atom stereocenters. The SMILES string of the molecule is CC(C)C(C)(C)C(F)(F)F.CC(C)CC(C(F)(F)F)C(F)(F)F.CCC(C)(C)C.CCC(C)(C)C.CCC(C)CC.CCCC(C)(C)C(F)(F)F.CCCCC(C(F)(F)F)C(F)(F)F.CCCCC(C)C.CCCCCCC(F)(F)F.CCC[C@H](C)CC(F)(F)F.CC[C@H](C)C(C)C(F)(F)F. The minimum absolute atomic E-state index is 0.0658. The monoisotopic (exact) mass is 1550 g/mol. The van der Waals surface area contributed by atoms with Crippen LogP contribution < -0.4 is 0 Å². The van der Waals surface area contributed by atoms with E-state index in [0.717, 1.165) is 31.1 Å². The lowest BCUT2D eigenvalue weighted by Crippen LogP contribution is -2.37. The average molecular weight is 1550 g/mol. The molecule has 0 spiro atoms. The van der Waals surface area contributed by atoms with Crippen LogP contribution in [0.5, 0.6) is 0 Å². The molecule has 0 aliphatic rings. The van der Waals surface area contributed by atoms with Gasteiger partial charge >= 0.3 is 55.6 Å². The number of halogens is 27. The predicted octanol–water partition coefficient (Wildman–Crippen LogP) is 34.6. The van der Waals surface area contributed by atoms with Gasteiger partial charge in [-0.15, -0.1) is 0 Å². The van der Waals surface area contributed by atoms with Crippen molar-refractivity contribution in [1.29, 1.82) is 0 Å². The van der Waals surface area contributed by atoms with Gasteiger partial charge in [0, 0.05) is 12.8 Å². The van der Waals surface area contributed by atoms with Gasteiger partial charge in [-0.25, -0.2) is 0 Å². The number of rotatable bonds is 22. The van der Waals surface area contributed by atoms with Crippen LogP contribution in [0.3, 0.4) is 0 Å². The highest BCUT2D eigenvalue weighted by atomic mass is 19.4. The molecule has 0 saturated heterocycles. The Kier molecular flexibility index (Phi) is 71.9. The van der Waals surface area contributed by atoms with Crippen molar-refractivity contribution in [2.75, 3.05) is 0 Å². The zero-order valence-corrected chi connectivity index (χ0v) is 67.5. The van der Waals surface area contributed by atoms with Crippen LogP contribution in [0.4, 0.5) is 119 Å². The maximum absolute atomic E-state index is 12.1. The van der Waals surface area contributed by atoms with Gasteiger partial charge in [0.25, 0.3) is 0 Å². The van der Waals surface area contributed by atoms with Gasteiger partial charge in [0.2, 0.25) is 0 Å². The minimum atomic E-state index is -5.19. The summed E-state index contributed by atoms with van der Waals surface area (Å²) in [4.78, 5) is 0. The molecule has 0 aliphatic carbocycles. The molecule has 0 aliphatic heterocycles.